The van der Waals surface area contributed by atoms with Crippen molar-refractivity contribution in [3.8, 4) is 0 Å². The second-order valence-corrected chi connectivity index (χ2v) is 6.25. The summed E-state index contributed by atoms with van der Waals surface area (Å²) in [6, 6.07) is 9.00. The van der Waals surface area contributed by atoms with Gasteiger partial charge >= 0.3 is 10.2 Å². The Morgan fingerprint density at radius 3 is 2.65 bits per heavy atom. The fourth-order valence-corrected chi connectivity index (χ4v) is 3.47. The van der Waals surface area contributed by atoms with Crippen molar-refractivity contribution >= 4 is 15.9 Å². The molecule has 1 unspecified atom stereocenters. The van der Waals surface area contributed by atoms with Crippen LogP contribution in [0, 0.1) is 5.92 Å². The summed E-state index contributed by atoms with van der Waals surface area (Å²) in [6.07, 6.45) is 2.05. The zero-order valence-electron chi connectivity index (χ0n) is 9.96. The number of hydrogen-bond donors (Lipinski definition) is 1. The fourth-order valence-electron chi connectivity index (χ4n) is 2.08. The summed E-state index contributed by atoms with van der Waals surface area (Å²) in [5, 5.41) is 0. The van der Waals surface area contributed by atoms with Gasteiger partial charge in [-0.25, -0.2) is 0 Å². The van der Waals surface area contributed by atoms with Crippen molar-refractivity contribution in [2.75, 3.05) is 17.8 Å². The molecule has 0 bridgehead atoms. The number of nitrogens with zero attached hydrogens (tertiary/aromatic N) is 1. The molecule has 0 aliphatic carbocycles. The van der Waals surface area contributed by atoms with E-state index in [0.29, 0.717) is 24.7 Å². The molecule has 0 spiro atoms. The smallest absolute Gasteiger partial charge is 0.271 e. The fraction of sp³-hybridized carbons (Fsp3) is 0.500. The van der Waals surface area contributed by atoms with Crippen LogP contribution in [-0.2, 0) is 10.2 Å². The predicted molar refractivity (Wildman–Crippen MR) is 69.0 cm³/mol. The van der Waals surface area contributed by atoms with Gasteiger partial charge in [-0.1, -0.05) is 25.1 Å². The zero-order chi connectivity index (χ0) is 12.3. The molecule has 4 nitrogen and oxygen atoms in total. The number of benzene rings is 1. The van der Waals surface area contributed by atoms with E-state index in [2.05, 4.69) is 11.6 Å². The Balaban J connectivity index is 2.08. The van der Waals surface area contributed by atoms with E-state index in [1.807, 2.05) is 18.2 Å². The van der Waals surface area contributed by atoms with E-state index in [9.17, 15) is 8.42 Å². The second kappa shape index (κ2) is 5.06. The maximum absolute atomic E-state index is 12.1. The van der Waals surface area contributed by atoms with E-state index in [-0.39, 0.29) is 0 Å². The van der Waals surface area contributed by atoms with Crippen molar-refractivity contribution < 1.29 is 8.42 Å². The van der Waals surface area contributed by atoms with Crippen LogP contribution in [0.5, 0.6) is 0 Å². The molecule has 17 heavy (non-hydrogen) atoms. The molecular weight excluding hydrogens is 236 g/mol. The van der Waals surface area contributed by atoms with Gasteiger partial charge in [0.25, 0.3) is 0 Å². The van der Waals surface area contributed by atoms with Crippen LogP contribution in [0.2, 0.25) is 0 Å². The average Bonchev–Trinajstić information content (AvgIpc) is 2.30. The Morgan fingerprint density at radius 1 is 1.29 bits per heavy atom. The van der Waals surface area contributed by atoms with Crippen LogP contribution in [0.1, 0.15) is 19.8 Å². The molecule has 1 atom stereocenters. The van der Waals surface area contributed by atoms with Gasteiger partial charge < -0.3 is 0 Å². The topological polar surface area (TPSA) is 49.4 Å². The minimum atomic E-state index is -3.39. The minimum absolute atomic E-state index is 0.441. The van der Waals surface area contributed by atoms with Gasteiger partial charge in [-0.15, -0.1) is 0 Å². The molecule has 1 fully saturated rings. The summed E-state index contributed by atoms with van der Waals surface area (Å²) >= 11 is 0. The van der Waals surface area contributed by atoms with Crippen LogP contribution in [0.15, 0.2) is 30.3 Å². The van der Waals surface area contributed by atoms with Gasteiger partial charge in [0.05, 0.1) is 0 Å². The lowest BCUT2D eigenvalue weighted by Crippen LogP contribution is -2.42. The maximum Gasteiger partial charge on any atom is 0.301 e. The molecule has 1 aromatic carbocycles. The van der Waals surface area contributed by atoms with E-state index in [1.54, 1.807) is 12.1 Å². The molecule has 5 heteroatoms. The summed E-state index contributed by atoms with van der Waals surface area (Å²) in [7, 11) is -3.39. The number of hydrogen-bond acceptors (Lipinski definition) is 2. The highest BCUT2D eigenvalue weighted by Crippen LogP contribution is 2.19. The highest BCUT2D eigenvalue weighted by Gasteiger charge is 2.26. The van der Waals surface area contributed by atoms with Gasteiger partial charge in [0.2, 0.25) is 0 Å². The van der Waals surface area contributed by atoms with Crippen LogP contribution < -0.4 is 4.72 Å². The van der Waals surface area contributed by atoms with Gasteiger partial charge in [0.15, 0.2) is 0 Å². The Kier molecular flexibility index (Phi) is 3.69. The molecule has 0 radical (unpaired) electrons. The van der Waals surface area contributed by atoms with Crippen molar-refractivity contribution in [1.29, 1.82) is 0 Å². The van der Waals surface area contributed by atoms with Crippen LogP contribution in [0.3, 0.4) is 0 Å². The van der Waals surface area contributed by atoms with Crippen molar-refractivity contribution in [3.05, 3.63) is 30.3 Å². The van der Waals surface area contributed by atoms with Crippen molar-refractivity contribution in [1.82, 2.24) is 4.31 Å². The summed E-state index contributed by atoms with van der Waals surface area (Å²) in [5.74, 6) is 0.441. The number of anilines is 1. The molecule has 1 saturated heterocycles. The molecule has 94 valence electrons. The summed E-state index contributed by atoms with van der Waals surface area (Å²) < 4.78 is 28.4. The maximum atomic E-state index is 12.1. The molecule has 0 amide bonds. The number of nitrogens with one attached hydrogen (secondary N) is 1. The first-order valence-corrected chi connectivity index (χ1v) is 7.35. The highest BCUT2D eigenvalue weighted by atomic mass is 32.2. The van der Waals surface area contributed by atoms with Crippen LogP contribution in [-0.4, -0.2) is 25.8 Å². The molecular formula is C12H18N2O2S. The number of piperidine rings is 1. The van der Waals surface area contributed by atoms with E-state index < -0.39 is 10.2 Å². The lowest BCUT2D eigenvalue weighted by atomic mass is 10.0. The third-order valence-corrected chi connectivity index (χ3v) is 4.49. The molecule has 1 aromatic rings. The SMILES string of the molecule is CC1CCCN(S(=O)(=O)Nc2ccccc2)C1. The molecule has 0 saturated carbocycles. The number of rotatable bonds is 3. The lowest BCUT2D eigenvalue weighted by Gasteiger charge is -2.30. The largest absolute Gasteiger partial charge is 0.301 e. The van der Waals surface area contributed by atoms with Gasteiger partial charge in [-0.2, -0.15) is 12.7 Å². The Hall–Kier alpha value is -1.07. The molecule has 1 heterocycles. The first kappa shape index (κ1) is 12.4. The van der Waals surface area contributed by atoms with E-state index in [4.69, 9.17) is 0 Å². The quantitative estimate of drug-likeness (QED) is 0.897. The monoisotopic (exact) mass is 254 g/mol. The van der Waals surface area contributed by atoms with E-state index in [0.717, 1.165) is 12.8 Å². The second-order valence-electron chi connectivity index (χ2n) is 4.58. The first-order valence-electron chi connectivity index (χ1n) is 5.91. The Labute approximate surface area is 103 Å². The first-order chi connectivity index (χ1) is 8.08. The highest BCUT2D eigenvalue weighted by molar-refractivity contribution is 7.90. The minimum Gasteiger partial charge on any atom is -0.271 e. The molecule has 1 aliphatic rings. The van der Waals surface area contributed by atoms with Crippen molar-refractivity contribution in [2.45, 2.75) is 19.8 Å². The third kappa shape index (κ3) is 3.20. The molecule has 2 rings (SSSR count). The predicted octanol–water partition coefficient (Wildman–Crippen LogP) is 2.08. The van der Waals surface area contributed by atoms with E-state index >= 15 is 0 Å². The van der Waals surface area contributed by atoms with Crippen LogP contribution >= 0.6 is 0 Å². The van der Waals surface area contributed by atoms with E-state index in [1.165, 1.54) is 4.31 Å². The summed E-state index contributed by atoms with van der Waals surface area (Å²) in [5.41, 5.74) is 0.616. The molecule has 1 N–H and O–H groups in total. The molecule has 1 aliphatic heterocycles. The van der Waals surface area contributed by atoms with Crippen molar-refractivity contribution in [3.63, 3.8) is 0 Å². The van der Waals surface area contributed by atoms with Gasteiger partial charge in [-0.3, -0.25) is 4.72 Å². The lowest BCUT2D eigenvalue weighted by molar-refractivity contribution is 0.282. The normalized spacial score (nSPS) is 22.3. The van der Waals surface area contributed by atoms with Crippen LogP contribution in [0.25, 0.3) is 0 Å². The average molecular weight is 254 g/mol. The Morgan fingerprint density at radius 2 is 2.00 bits per heavy atom. The zero-order valence-corrected chi connectivity index (χ0v) is 10.8. The summed E-state index contributed by atoms with van der Waals surface area (Å²) in [4.78, 5) is 0. The third-order valence-electron chi connectivity index (χ3n) is 2.98. The van der Waals surface area contributed by atoms with Gasteiger partial charge in [0, 0.05) is 18.8 Å². The van der Waals surface area contributed by atoms with Crippen molar-refractivity contribution in [2.24, 2.45) is 5.92 Å². The number of para-hydroxylation sites is 1. The summed E-state index contributed by atoms with van der Waals surface area (Å²) in [6.45, 7) is 3.32. The standard InChI is InChI=1S/C12H18N2O2S/c1-11-6-5-9-14(10-11)17(15,16)13-12-7-3-2-4-8-12/h2-4,7-8,11,13H,5-6,9-10H2,1H3. The molecule has 0 aromatic heterocycles. The van der Waals surface area contributed by atoms with Gasteiger partial charge in [-0.05, 0) is 30.9 Å². The Bertz CT molecular complexity index is 459. The van der Waals surface area contributed by atoms with Gasteiger partial charge in [0.1, 0.15) is 0 Å². The van der Waals surface area contributed by atoms with Crippen LogP contribution in [0.4, 0.5) is 5.69 Å².